The first-order chi connectivity index (χ1) is 9.04. The normalized spacial score (nSPS) is 17.4. The third-order valence-electron chi connectivity index (χ3n) is 2.70. The number of anilines is 1. The van der Waals surface area contributed by atoms with Crippen molar-refractivity contribution >= 4 is 34.7 Å². The molecule has 2 aromatic rings. The second kappa shape index (κ2) is 4.59. The average Bonchev–Trinajstić information content (AvgIpc) is 2.87. The smallest absolute Gasteiger partial charge is 0.257 e. The van der Waals surface area contributed by atoms with Crippen molar-refractivity contribution in [1.29, 1.82) is 0 Å². The Labute approximate surface area is 116 Å². The Morgan fingerprint density at radius 2 is 2.32 bits per heavy atom. The van der Waals surface area contributed by atoms with E-state index < -0.39 is 17.8 Å². The second-order valence-corrected chi connectivity index (χ2v) is 6.27. The van der Waals surface area contributed by atoms with E-state index in [0.29, 0.717) is 10.6 Å². The molecule has 7 heteroatoms. The van der Waals surface area contributed by atoms with Crippen LogP contribution in [0.25, 0.3) is 0 Å². The van der Waals surface area contributed by atoms with Crippen molar-refractivity contribution < 1.29 is 14.3 Å². The van der Waals surface area contributed by atoms with Crippen LogP contribution < -0.4 is 5.32 Å². The van der Waals surface area contributed by atoms with Crippen LogP contribution in [0.2, 0.25) is 0 Å². The van der Waals surface area contributed by atoms with Gasteiger partial charge >= 0.3 is 0 Å². The standard InChI is InChI=1S/C12H9FN2O2S2/c1-5-4-18-12(14-5)19-9-3-8-6(2-7(9)13)10(16)11(17)15-8/h2-4,10,16H,1H3,(H,15,17). The van der Waals surface area contributed by atoms with Gasteiger partial charge in [-0.05, 0) is 19.1 Å². The molecule has 0 saturated carbocycles. The van der Waals surface area contributed by atoms with Gasteiger partial charge < -0.3 is 10.4 Å². The molecule has 19 heavy (non-hydrogen) atoms. The highest BCUT2D eigenvalue weighted by Crippen LogP contribution is 2.39. The van der Waals surface area contributed by atoms with E-state index in [4.69, 9.17) is 0 Å². The number of aliphatic hydroxyl groups is 1. The average molecular weight is 296 g/mol. The van der Waals surface area contributed by atoms with Gasteiger partial charge in [0.15, 0.2) is 10.4 Å². The van der Waals surface area contributed by atoms with Crippen molar-refractivity contribution in [2.24, 2.45) is 0 Å². The fraction of sp³-hybridized carbons (Fsp3) is 0.167. The van der Waals surface area contributed by atoms with Gasteiger partial charge in [-0.2, -0.15) is 0 Å². The lowest BCUT2D eigenvalue weighted by molar-refractivity contribution is -0.123. The number of benzene rings is 1. The Bertz CT molecular complexity index is 672. The molecule has 1 aromatic carbocycles. The minimum absolute atomic E-state index is 0.280. The van der Waals surface area contributed by atoms with E-state index in [1.807, 2.05) is 12.3 Å². The van der Waals surface area contributed by atoms with Crippen LogP contribution in [-0.2, 0) is 4.79 Å². The summed E-state index contributed by atoms with van der Waals surface area (Å²) in [5, 5.41) is 14.0. The van der Waals surface area contributed by atoms with Crippen molar-refractivity contribution in [3.63, 3.8) is 0 Å². The summed E-state index contributed by atoms with van der Waals surface area (Å²) in [6.07, 6.45) is -1.29. The quantitative estimate of drug-likeness (QED) is 0.894. The van der Waals surface area contributed by atoms with E-state index in [-0.39, 0.29) is 5.56 Å². The highest BCUT2D eigenvalue weighted by molar-refractivity contribution is 8.01. The number of rotatable bonds is 2. The molecule has 0 bridgehead atoms. The molecule has 0 saturated heterocycles. The van der Waals surface area contributed by atoms with Crippen molar-refractivity contribution in [3.8, 4) is 0 Å². The molecule has 1 atom stereocenters. The van der Waals surface area contributed by atoms with E-state index in [2.05, 4.69) is 10.3 Å². The number of nitrogens with zero attached hydrogens (tertiary/aromatic N) is 1. The van der Waals surface area contributed by atoms with Crippen LogP contribution in [-0.4, -0.2) is 16.0 Å². The largest absolute Gasteiger partial charge is 0.378 e. The Kier molecular flexibility index (Phi) is 3.04. The van der Waals surface area contributed by atoms with E-state index in [9.17, 15) is 14.3 Å². The Balaban J connectivity index is 1.96. The number of aryl methyl sites for hydroxylation is 1. The summed E-state index contributed by atoms with van der Waals surface area (Å²) in [5.41, 5.74) is 1.62. The van der Waals surface area contributed by atoms with Gasteiger partial charge in [0.2, 0.25) is 0 Å². The van der Waals surface area contributed by atoms with Crippen LogP contribution in [0, 0.1) is 12.7 Å². The van der Waals surface area contributed by atoms with Crippen LogP contribution in [0.15, 0.2) is 26.7 Å². The molecule has 0 fully saturated rings. The lowest BCUT2D eigenvalue weighted by Gasteiger charge is -2.05. The molecule has 2 N–H and O–H groups in total. The molecule has 1 unspecified atom stereocenters. The van der Waals surface area contributed by atoms with E-state index in [1.54, 1.807) is 0 Å². The molecule has 0 aliphatic carbocycles. The monoisotopic (exact) mass is 296 g/mol. The number of thiazole rings is 1. The second-order valence-electron chi connectivity index (χ2n) is 4.12. The van der Waals surface area contributed by atoms with Gasteiger partial charge in [-0.3, -0.25) is 4.79 Å². The molecule has 3 rings (SSSR count). The minimum Gasteiger partial charge on any atom is -0.378 e. The zero-order chi connectivity index (χ0) is 13.6. The van der Waals surface area contributed by atoms with Gasteiger partial charge in [-0.25, -0.2) is 9.37 Å². The molecule has 0 spiro atoms. The summed E-state index contributed by atoms with van der Waals surface area (Å²) >= 11 is 2.64. The van der Waals surface area contributed by atoms with Gasteiger partial charge in [0.1, 0.15) is 5.82 Å². The summed E-state index contributed by atoms with van der Waals surface area (Å²) < 4.78 is 14.7. The van der Waals surface area contributed by atoms with Crippen molar-refractivity contribution in [3.05, 3.63) is 34.6 Å². The third kappa shape index (κ3) is 2.24. The maximum Gasteiger partial charge on any atom is 0.257 e. The van der Waals surface area contributed by atoms with E-state index in [0.717, 1.165) is 10.0 Å². The molecule has 2 heterocycles. The number of aromatic nitrogens is 1. The summed E-state index contributed by atoms with van der Waals surface area (Å²) in [6.45, 7) is 1.87. The Morgan fingerprint density at radius 1 is 1.53 bits per heavy atom. The predicted octanol–water partition coefficient (Wildman–Crippen LogP) is 2.73. The molecule has 1 aliphatic rings. The Morgan fingerprint density at radius 3 is 3.00 bits per heavy atom. The first kappa shape index (κ1) is 12.6. The third-order valence-corrected chi connectivity index (χ3v) is 4.79. The van der Waals surface area contributed by atoms with Gasteiger partial charge in [0, 0.05) is 22.3 Å². The summed E-state index contributed by atoms with van der Waals surface area (Å²) in [5.74, 6) is -0.992. The number of fused-ring (bicyclic) bond motifs is 1. The van der Waals surface area contributed by atoms with Crippen LogP contribution in [0.3, 0.4) is 0 Å². The minimum atomic E-state index is -1.29. The number of amides is 1. The lowest BCUT2D eigenvalue weighted by atomic mass is 10.1. The zero-order valence-electron chi connectivity index (χ0n) is 9.81. The van der Waals surface area contributed by atoms with E-state index >= 15 is 0 Å². The van der Waals surface area contributed by atoms with Gasteiger partial charge in [0.25, 0.3) is 5.91 Å². The highest BCUT2D eigenvalue weighted by Gasteiger charge is 2.30. The number of aliphatic hydroxyl groups excluding tert-OH is 1. The molecule has 98 valence electrons. The van der Waals surface area contributed by atoms with Crippen molar-refractivity contribution in [2.45, 2.75) is 22.3 Å². The molecule has 4 nitrogen and oxygen atoms in total. The zero-order valence-corrected chi connectivity index (χ0v) is 11.4. The Hall–Kier alpha value is -1.44. The van der Waals surface area contributed by atoms with Crippen LogP contribution in [0.4, 0.5) is 10.1 Å². The fourth-order valence-corrected chi connectivity index (χ4v) is 3.63. The predicted molar refractivity (Wildman–Crippen MR) is 71.0 cm³/mol. The number of carbonyl (C=O) groups excluding carboxylic acids is 1. The topological polar surface area (TPSA) is 62.2 Å². The number of hydrogen-bond donors (Lipinski definition) is 2. The fourth-order valence-electron chi connectivity index (χ4n) is 1.80. The van der Waals surface area contributed by atoms with Crippen molar-refractivity contribution in [2.75, 3.05) is 5.32 Å². The molecule has 1 amide bonds. The molecule has 1 aromatic heterocycles. The summed E-state index contributed by atoms with van der Waals surface area (Å²) in [4.78, 5) is 15.9. The maximum absolute atomic E-state index is 13.9. The number of nitrogens with one attached hydrogen (secondary N) is 1. The number of hydrogen-bond acceptors (Lipinski definition) is 5. The van der Waals surface area contributed by atoms with Crippen molar-refractivity contribution in [1.82, 2.24) is 4.98 Å². The number of carbonyl (C=O) groups is 1. The summed E-state index contributed by atoms with van der Waals surface area (Å²) in [7, 11) is 0. The highest BCUT2D eigenvalue weighted by atomic mass is 32.2. The maximum atomic E-state index is 13.9. The molecular formula is C12H9FN2O2S2. The lowest BCUT2D eigenvalue weighted by Crippen LogP contribution is -2.10. The van der Waals surface area contributed by atoms with Crippen LogP contribution in [0.5, 0.6) is 0 Å². The van der Waals surface area contributed by atoms with Gasteiger partial charge in [0.05, 0.1) is 4.90 Å². The van der Waals surface area contributed by atoms with E-state index in [1.165, 1.54) is 35.2 Å². The molecular weight excluding hydrogens is 287 g/mol. The number of halogens is 1. The van der Waals surface area contributed by atoms with Crippen LogP contribution in [0.1, 0.15) is 17.4 Å². The molecule has 1 aliphatic heterocycles. The van der Waals surface area contributed by atoms with Crippen LogP contribution >= 0.6 is 23.1 Å². The first-order valence-corrected chi connectivity index (χ1v) is 7.16. The SMILES string of the molecule is Cc1csc(Sc2cc3c(cc2F)C(O)C(=O)N3)n1. The van der Waals surface area contributed by atoms with Gasteiger partial charge in [-0.15, -0.1) is 11.3 Å². The molecule has 0 radical (unpaired) electrons. The first-order valence-electron chi connectivity index (χ1n) is 5.47. The van der Waals surface area contributed by atoms with Gasteiger partial charge in [-0.1, -0.05) is 11.8 Å². The summed E-state index contributed by atoms with van der Waals surface area (Å²) in [6, 6.07) is 2.72.